The molecule has 0 bridgehead atoms. The number of carbonyl (C=O) groups excluding carboxylic acids is 4. The number of aryl methyl sites for hydroxylation is 1. The number of methoxy groups -OCH3 is 1. The molecule has 0 saturated heterocycles. The molecule has 0 aliphatic carbocycles. The average Bonchev–Trinajstić information content (AvgIpc) is 3.36. The number of hydrogen-bond donors (Lipinski definition) is 1. The fourth-order valence-corrected chi connectivity index (χ4v) is 3.35. The van der Waals surface area contributed by atoms with Crippen LogP contribution >= 0.6 is 0 Å². The van der Waals surface area contributed by atoms with Crippen molar-refractivity contribution >= 4 is 23.8 Å². The third-order valence-electron chi connectivity index (χ3n) is 5.10. The third-order valence-corrected chi connectivity index (χ3v) is 5.10. The summed E-state index contributed by atoms with van der Waals surface area (Å²) in [5.41, 5.74) is 1.57. The van der Waals surface area contributed by atoms with Crippen molar-refractivity contribution in [1.29, 1.82) is 0 Å². The largest absolute Gasteiger partial charge is 0.466 e. The van der Waals surface area contributed by atoms with Gasteiger partial charge in [-0.25, -0.2) is 9.59 Å². The van der Waals surface area contributed by atoms with Crippen LogP contribution in [-0.2, 0) is 41.7 Å². The van der Waals surface area contributed by atoms with Crippen LogP contribution in [0.3, 0.4) is 0 Å². The Morgan fingerprint density at radius 2 is 1.62 bits per heavy atom. The second kappa shape index (κ2) is 12.2. The Balaban J connectivity index is 1.66. The van der Waals surface area contributed by atoms with Gasteiger partial charge in [-0.05, 0) is 24.0 Å². The van der Waals surface area contributed by atoms with E-state index >= 15 is 0 Å². The first-order valence-corrected chi connectivity index (χ1v) is 10.8. The molecule has 34 heavy (non-hydrogen) atoms. The lowest BCUT2D eigenvalue weighted by Gasteiger charge is -2.21. The molecule has 0 unspecified atom stereocenters. The summed E-state index contributed by atoms with van der Waals surface area (Å²) in [5, 5.41) is 2.50. The molecule has 1 heterocycles. The van der Waals surface area contributed by atoms with Crippen molar-refractivity contribution in [3.63, 3.8) is 0 Å². The first-order chi connectivity index (χ1) is 16.5. The minimum atomic E-state index is -0.803. The van der Waals surface area contributed by atoms with Crippen LogP contribution in [-0.4, -0.2) is 42.3 Å². The standard InChI is InChI=1S/C26H26N2O6/c1-33-24(30)17-21(27-23(29)15-14-19-9-4-2-5-10-19)25(31)28-16-8-13-22(28)26(32)34-18-20-11-6-3-7-12-20/h2-7,9-13,17H,8,14-16,18H2,1H3,(H,27,29)/b21-17+. The van der Waals surface area contributed by atoms with Gasteiger partial charge in [-0.15, -0.1) is 0 Å². The van der Waals surface area contributed by atoms with Crippen LogP contribution < -0.4 is 5.32 Å². The van der Waals surface area contributed by atoms with Gasteiger partial charge in [0.1, 0.15) is 18.0 Å². The fraction of sp³-hybridized carbons (Fsp3) is 0.231. The summed E-state index contributed by atoms with van der Waals surface area (Å²) in [6.45, 7) is 0.271. The van der Waals surface area contributed by atoms with Gasteiger partial charge in [-0.1, -0.05) is 66.7 Å². The van der Waals surface area contributed by atoms with Crippen LogP contribution in [0.4, 0.5) is 0 Å². The highest BCUT2D eigenvalue weighted by molar-refractivity contribution is 6.06. The molecular weight excluding hydrogens is 436 g/mol. The summed E-state index contributed by atoms with van der Waals surface area (Å²) in [6.07, 6.45) is 3.52. The summed E-state index contributed by atoms with van der Waals surface area (Å²) in [7, 11) is 1.17. The Bertz CT molecular complexity index is 1090. The second-order valence-corrected chi connectivity index (χ2v) is 7.51. The highest BCUT2D eigenvalue weighted by atomic mass is 16.5. The lowest BCUT2D eigenvalue weighted by atomic mass is 10.1. The van der Waals surface area contributed by atoms with E-state index in [0.29, 0.717) is 12.8 Å². The van der Waals surface area contributed by atoms with Crippen LogP contribution in [0.2, 0.25) is 0 Å². The minimum absolute atomic E-state index is 0.0557. The van der Waals surface area contributed by atoms with Gasteiger partial charge in [-0.3, -0.25) is 9.59 Å². The zero-order valence-corrected chi connectivity index (χ0v) is 18.9. The number of hydrogen-bond acceptors (Lipinski definition) is 6. The van der Waals surface area contributed by atoms with E-state index in [2.05, 4.69) is 10.1 Å². The van der Waals surface area contributed by atoms with Crippen LogP contribution in [0.5, 0.6) is 0 Å². The number of esters is 2. The third kappa shape index (κ3) is 6.90. The van der Waals surface area contributed by atoms with E-state index in [0.717, 1.165) is 17.2 Å². The van der Waals surface area contributed by atoms with Gasteiger partial charge >= 0.3 is 11.9 Å². The molecule has 0 fully saturated rings. The number of ether oxygens (including phenoxy) is 2. The Kier molecular flexibility index (Phi) is 8.73. The van der Waals surface area contributed by atoms with Crippen molar-refractivity contribution in [2.75, 3.05) is 13.7 Å². The zero-order chi connectivity index (χ0) is 24.3. The van der Waals surface area contributed by atoms with Gasteiger partial charge in [0.25, 0.3) is 5.91 Å². The molecule has 0 radical (unpaired) electrons. The monoisotopic (exact) mass is 462 g/mol. The van der Waals surface area contributed by atoms with E-state index in [4.69, 9.17) is 4.74 Å². The van der Waals surface area contributed by atoms with Gasteiger partial charge in [-0.2, -0.15) is 0 Å². The van der Waals surface area contributed by atoms with E-state index < -0.39 is 23.8 Å². The van der Waals surface area contributed by atoms with E-state index in [1.54, 1.807) is 6.08 Å². The molecular formula is C26H26N2O6. The molecule has 1 aliphatic rings. The zero-order valence-electron chi connectivity index (χ0n) is 18.9. The molecule has 0 aromatic heterocycles. The van der Waals surface area contributed by atoms with E-state index in [9.17, 15) is 19.2 Å². The normalized spacial score (nSPS) is 13.1. The van der Waals surface area contributed by atoms with E-state index in [1.165, 1.54) is 12.0 Å². The summed E-state index contributed by atoms with van der Waals surface area (Å²) < 4.78 is 9.97. The maximum absolute atomic E-state index is 13.2. The number of amides is 2. The lowest BCUT2D eigenvalue weighted by Crippen LogP contribution is -2.39. The second-order valence-electron chi connectivity index (χ2n) is 7.51. The molecule has 8 nitrogen and oxygen atoms in total. The number of nitrogens with one attached hydrogen (secondary N) is 1. The van der Waals surface area contributed by atoms with E-state index in [1.807, 2.05) is 60.7 Å². The van der Waals surface area contributed by atoms with Gasteiger partial charge < -0.3 is 19.7 Å². The van der Waals surface area contributed by atoms with Crippen LogP contribution in [0, 0.1) is 0 Å². The highest BCUT2D eigenvalue weighted by Gasteiger charge is 2.31. The Labute approximate surface area is 197 Å². The SMILES string of the molecule is COC(=O)/C=C(/NC(=O)CCc1ccccc1)C(=O)N1CCC=C1C(=O)OCc1ccccc1. The number of rotatable bonds is 9. The first-order valence-electron chi connectivity index (χ1n) is 10.8. The maximum Gasteiger partial charge on any atom is 0.355 e. The summed E-state index contributed by atoms with van der Waals surface area (Å²) in [6, 6.07) is 18.6. The van der Waals surface area contributed by atoms with Gasteiger partial charge in [0.15, 0.2) is 0 Å². The molecule has 1 N–H and O–H groups in total. The minimum Gasteiger partial charge on any atom is -0.466 e. The number of nitrogens with zero attached hydrogens (tertiary/aromatic N) is 1. The summed E-state index contributed by atoms with van der Waals surface area (Å²) in [4.78, 5) is 51.4. The predicted octanol–water partition coefficient (Wildman–Crippen LogP) is 2.65. The smallest absolute Gasteiger partial charge is 0.355 e. The Morgan fingerprint density at radius 3 is 2.26 bits per heavy atom. The van der Waals surface area contributed by atoms with E-state index in [-0.39, 0.29) is 31.0 Å². The van der Waals surface area contributed by atoms with Crippen LogP contribution in [0.15, 0.2) is 84.2 Å². The highest BCUT2D eigenvalue weighted by Crippen LogP contribution is 2.20. The number of benzene rings is 2. The van der Waals surface area contributed by atoms with Crippen molar-refractivity contribution in [3.05, 3.63) is 95.3 Å². The number of carbonyl (C=O) groups is 4. The van der Waals surface area contributed by atoms with Crippen molar-refractivity contribution in [3.8, 4) is 0 Å². The Morgan fingerprint density at radius 1 is 0.971 bits per heavy atom. The molecule has 0 atom stereocenters. The summed E-state index contributed by atoms with van der Waals surface area (Å²) in [5.74, 6) is -2.60. The molecule has 2 amide bonds. The molecule has 0 spiro atoms. The van der Waals surface area contributed by atoms with Crippen molar-refractivity contribution in [2.45, 2.75) is 25.9 Å². The van der Waals surface area contributed by atoms with Gasteiger partial charge in [0, 0.05) is 13.0 Å². The Hall–Kier alpha value is -4.20. The fourth-order valence-electron chi connectivity index (χ4n) is 3.35. The van der Waals surface area contributed by atoms with Crippen molar-refractivity contribution < 1.29 is 28.7 Å². The molecule has 8 heteroatoms. The predicted molar refractivity (Wildman–Crippen MR) is 124 cm³/mol. The topological polar surface area (TPSA) is 102 Å². The van der Waals surface area contributed by atoms with Crippen molar-refractivity contribution in [1.82, 2.24) is 10.2 Å². The van der Waals surface area contributed by atoms with Gasteiger partial charge in [0.05, 0.1) is 13.2 Å². The maximum atomic E-state index is 13.2. The van der Waals surface area contributed by atoms with Gasteiger partial charge in [0.2, 0.25) is 5.91 Å². The molecule has 3 rings (SSSR count). The molecule has 0 saturated carbocycles. The van der Waals surface area contributed by atoms with Crippen LogP contribution in [0.25, 0.3) is 0 Å². The molecule has 2 aromatic carbocycles. The average molecular weight is 463 g/mol. The summed E-state index contributed by atoms with van der Waals surface area (Å²) >= 11 is 0. The molecule has 1 aliphatic heterocycles. The van der Waals surface area contributed by atoms with Crippen molar-refractivity contribution in [2.24, 2.45) is 0 Å². The quantitative estimate of drug-likeness (QED) is 0.454. The molecule has 2 aromatic rings. The first kappa shape index (κ1) is 24.4. The van der Waals surface area contributed by atoms with Crippen LogP contribution in [0.1, 0.15) is 24.0 Å². The lowest BCUT2D eigenvalue weighted by molar-refractivity contribution is -0.144. The molecule has 176 valence electrons.